The number of esters is 1. The largest absolute Gasteiger partial charge is 0.467 e. The smallest absolute Gasteiger partial charge is 0.328 e. The Morgan fingerprint density at radius 3 is 2.74 bits per heavy atom. The standard InChI is InChI=1S/C16H22N4O3/c1-6-9(2)13(16(22)23-5)18-15(21)11-7-12-10(3)19-20(4)14(12)17-8-11/h7-9,13H,6H2,1-5H3,(H,18,21). The predicted octanol–water partition coefficient (Wildman–Crippen LogP) is 1.59. The van der Waals surface area contributed by atoms with E-state index in [0.717, 1.165) is 17.5 Å². The van der Waals surface area contributed by atoms with Crippen molar-refractivity contribution in [3.05, 3.63) is 23.5 Å². The minimum Gasteiger partial charge on any atom is -0.467 e. The Morgan fingerprint density at radius 2 is 2.13 bits per heavy atom. The number of carbonyl (C=O) groups excluding carboxylic acids is 2. The van der Waals surface area contributed by atoms with Crippen molar-refractivity contribution >= 4 is 22.9 Å². The Balaban J connectivity index is 2.28. The van der Waals surface area contributed by atoms with Crippen LogP contribution in [0.5, 0.6) is 0 Å². The number of aryl methyl sites for hydroxylation is 2. The van der Waals surface area contributed by atoms with Gasteiger partial charge in [-0.25, -0.2) is 9.78 Å². The number of nitrogens with zero attached hydrogens (tertiary/aromatic N) is 3. The van der Waals surface area contributed by atoms with Gasteiger partial charge in [-0.2, -0.15) is 5.10 Å². The number of fused-ring (bicyclic) bond motifs is 1. The maximum atomic E-state index is 12.5. The summed E-state index contributed by atoms with van der Waals surface area (Å²) >= 11 is 0. The first-order valence-electron chi connectivity index (χ1n) is 7.57. The van der Waals surface area contributed by atoms with Crippen molar-refractivity contribution in [2.75, 3.05) is 7.11 Å². The van der Waals surface area contributed by atoms with E-state index < -0.39 is 12.0 Å². The zero-order chi connectivity index (χ0) is 17.1. The first kappa shape index (κ1) is 16.9. The quantitative estimate of drug-likeness (QED) is 0.846. The molecule has 0 aromatic carbocycles. The van der Waals surface area contributed by atoms with Gasteiger partial charge in [-0.3, -0.25) is 9.48 Å². The lowest BCUT2D eigenvalue weighted by Crippen LogP contribution is -2.45. The normalized spacial score (nSPS) is 13.6. The van der Waals surface area contributed by atoms with Gasteiger partial charge >= 0.3 is 5.97 Å². The van der Waals surface area contributed by atoms with E-state index >= 15 is 0 Å². The monoisotopic (exact) mass is 318 g/mol. The fourth-order valence-corrected chi connectivity index (χ4v) is 2.45. The Labute approximate surface area is 135 Å². The van der Waals surface area contributed by atoms with Crippen molar-refractivity contribution in [2.24, 2.45) is 13.0 Å². The molecule has 7 nitrogen and oxygen atoms in total. The Bertz CT molecular complexity index is 738. The van der Waals surface area contributed by atoms with Crippen molar-refractivity contribution in [3.8, 4) is 0 Å². The van der Waals surface area contributed by atoms with E-state index in [2.05, 4.69) is 15.4 Å². The SMILES string of the molecule is CCC(C)C(NC(=O)c1cnc2c(c1)c(C)nn2C)C(=O)OC. The molecule has 2 aromatic rings. The molecule has 2 unspecified atom stereocenters. The topological polar surface area (TPSA) is 86.1 Å². The summed E-state index contributed by atoms with van der Waals surface area (Å²) in [6, 6.07) is 1.06. The van der Waals surface area contributed by atoms with Gasteiger partial charge in [0.15, 0.2) is 5.65 Å². The highest BCUT2D eigenvalue weighted by Gasteiger charge is 2.27. The highest BCUT2D eigenvalue weighted by molar-refractivity contribution is 5.99. The average molecular weight is 318 g/mol. The van der Waals surface area contributed by atoms with Crippen LogP contribution in [0.3, 0.4) is 0 Å². The molecule has 0 aliphatic heterocycles. The van der Waals surface area contributed by atoms with Crippen LogP contribution in [0.4, 0.5) is 0 Å². The van der Waals surface area contributed by atoms with Gasteiger partial charge in [0, 0.05) is 18.6 Å². The van der Waals surface area contributed by atoms with E-state index in [1.807, 2.05) is 20.8 Å². The molecule has 23 heavy (non-hydrogen) atoms. The number of methoxy groups -OCH3 is 1. The number of pyridine rings is 1. The molecule has 0 saturated heterocycles. The molecule has 1 amide bonds. The van der Waals surface area contributed by atoms with Gasteiger partial charge in [-0.05, 0) is 18.9 Å². The molecule has 0 aliphatic rings. The van der Waals surface area contributed by atoms with Crippen molar-refractivity contribution in [2.45, 2.75) is 33.2 Å². The lowest BCUT2D eigenvalue weighted by atomic mass is 9.99. The summed E-state index contributed by atoms with van der Waals surface area (Å²) in [4.78, 5) is 28.6. The van der Waals surface area contributed by atoms with E-state index in [1.165, 1.54) is 13.3 Å². The third-order valence-corrected chi connectivity index (χ3v) is 4.08. The van der Waals surface area contributed by atoms with Gasteiger partial charge in [0.05, 0.1) is 18.4 Å². The summed E-state index contributed by atoms with van der Waals surface area (Å²) in [6.45, 7) is 5.72. The first-order valence-corrected chi connectivity index (χ1v) is 7.57. The van der Waals surface area contributed by atoms with Gasteiger partial charge in [0.2, 0.25) is 0 Å². The third-order valence-electron chi connectivity index (χ3n) is 4.08. The van der Waals surface area contributed by atoms with E-state index in [0.29, 0.717) is 11.2 Å². The van der Waals surface area contributed by atoms with E-state index in [9.17, 15) is 9.59 Å². The molecular formula is C16H22N4O3. The second-order valence-electron chi connectivity index (χ2n) is 5.66. The molecule has 124 valence electrons. The van der Waals surface area contributed by atoms with Crippen molar-refractivity contribution in [1.29, 1.82) is 0 Å². The summed E-state index contributed by atoms with van der Waals surface area (Å²) < 4.78 is 6.45. The molecule has 2 aromatic heterocycles. The van der Waals surface area contributed by atoms with Gasteiger partial charge in [-0.1, -0.05) is 20.3 Å². The summed E-state index contributed by atoms with van der Waals surface area (Å²) in [5.41, 5.74) is 1.91. The van der Waals surface area contributed by atoms with Crippen LogP contribution in [0.25, 0.3) is 11.0 Å². The minimum absolute atomic E-state index is 0.0248. The van der Waals surface area contributed by atoms with Crippen LogP contribution in [0.1, 0.15) is 36.3 Å². The summed E-state index contributed by atoms with van der Waals surface area (Å²) in [6.07, 6.45) is 2.24. The minimum atomic E-state index is -0.678. The molecule has 2 heterocycles. The van der Waals surface area contributed by atoms with Crippen LogP contribution in [-0.4, -0.2) is 39.8 Å². The molecule has 0 radical (unpaired) electrons. The maximum absolute atomic E-state index is 12.5. The van der Waals surface area contributed by atoms with Gasteiger partial charge in [-0.15, -0.1) is 0 Å². The molecule has 0 spiro atoms. The van der Waals surface area contributed by atoms with Gasteiger partial charge in [0.25, 0.3) is 5.91 Å². The molecule has 0 bridgehead atoms. The van der Waals surface area contributed by atoms with Gasteiger partial charge in [0.1, 0.15) is 6.04 Å². The zero-order valence-electron chi connectivity index (χ0n) is 14.1. The van der Waals surface area contributed by atoms with Gasteiger partial charge < -0.3 is 10.1 Å². The number of rotatable bonds is 5. The summed E-state index contributed by atoms with van der Waals surface area (Å²) in [5, 5.41) is 7.85. The van der Waals surface area contributed by atoms with Crippen molar-refractivity contribution in [3.63, 3.8) is 0 Å². The van der Waals surface area contributed by atoms with Crippen molar-refractivity contribution < 1.29 is 14.3 Å². The second kappa shape index (κ2) is 6.76. The molecule has 2 rings (SSSR count). The second-order valence-corrected chi connectivity index (χ2v) is 5.66. The van der Waals surface area contributed by atoms with Crippen molar-refractivity contribution in [1.82, 2.24) is 20.1 Å². The molecule has 2 atom stereocenters. The molecule has 0 saturated carbocycles. The molecule has 0 aliphatic carbocycles. The Hall–Kier alpha value is -2.44. The zero-order valence-corrected chi connectivity index (χ0v) is 14.1. The van der Waals surface area contributed by atoms with E-state index in [1.54, 1.807) is 17.8 Å². The highest BCUT2D eigenvalue weighted by atomic mass is 16.5. The predicted molar refractivity (Wildman–Crippen MR) is 86.0 cm³/mol. The van der Waals surface area contributed by atoms with Crippen LogP contribution in [0.2, 0.25) is 0 Å². The van der Waals surface area contributed by atoms with Crippen LogP contribution in [0, 0.1) is 12.8 Å². The number of carbonyl (C=O) groups is 2. The lowest BCUT2D eigenvalue weighted by molar-refractivity contribution is -0.144. The van der Waals surface area contributed by atoms with E-state index in [4.69, 9.17) is 4.74 Å². The van der Waals surface area contributed by atoms with Crippen LogP contribution >= 0.6 is 0 Å². The number of hydrogen-bond acceptors (Lipinski definition) is 5. The highest BCUT2D eigenvalue weighted by Crippen LogP contribution is 2.17. The fourth-order valence-electron chi connectivity index (χ4n) is 2.45. The van der Waals surface area contributed by atoms with Crippen LogP contribution in [-0.2, 0) is 16.6 Å². The maximum Gasteiger partial charge on any atom is 0.328 e. The third kappa shape index (κ3) is 3.33. The number of amides is 1. The average Bonchev–Trinajstić information content (AvgIpc) is 2.84. The molecular weight excluding hydrogens is 296 g/mol. The Morgan fingerprint density at radius 1 is 1.43 bits per heavy atom. The molecule has 7 heteroatoms. The lowest BCUT2D eigenvalue weighted by Gasteiger charge is -2.21. The first-order chi connectivity index (χ1) is 10.9. The summed E-state index contributed by atoms with van der Waals surface area (Å²) in [7, 11) is 3.12. The van der Waals surface area contributed by atoms with Crippen LogP contribution < -0.4 is 5.32 Å². The Kier molecular flexibility index (Phi) is 4.98. The molecule has 1 N–H and O–H groups in total. The van der Waals surface area contributed by atoms with Crippen LogP contribution in [0.15, 0.2) is 12.3 Å². The number of ether oxygens (including phenoxy) is 1. The van der Waals surface area contributed by atoms with E-state index in [-0.39, 0.29) is 11.8 Å². The number of hydrogen-bond donors (Lipinski definition) is 1. The number of aromatic nitrogens is 3. The fraction of sp³-hybridized carbons (Fsp3) is 0.500. The summed E-state index contributed by atoms with van der Waals surface area (Å²) in [5.74, 6) is -0.819. The number of nitrogens with one attached hydrogen (secondary N) is 1. The molecule has 0 fully saturated rings.